The molecule has 0 aliphatic rings. The highest BCUT2D eigenvalue weighted by Crippen LogP contribution is 2.21. The van der Waals surface area contributed by atoms with E-state index in [0.29, 0.717) is 22.6 Å². The molecule has 0 saturated heterocycles. The number of anilines is 1. The van der Waals surface area contributed by atoms with Crippen molar-refractivity contribution in [1.82, 2.24) is 0 Å². The zero-order chi connectivity index (χ0) is 20.5. The van der Waals surface area contributed by atoms with Crippen LogP contribution >= 0.6 is 0 Å². The minimum atomic E-state index is -0.652. The number of ketones is 1. The molecule has 0 unspecified atom stereocenters. The smallest absolute Gasteiger partial charge is 0.306 e. The number of nitriles is 1. The molecule has 1 amide bonds. The number of Topliss-reactive ketones (excluding diaryl/α,β-unsaturated/α-hetero) is 1. The Morgan fingerprint density at radius 2 is 1.89 bits per heavy atom. The van der Waals surface area contributed by atoms with Gasteiger partial charge in [0.2, 0.25) is 0 Å². The number of nitrogens with one attached hydrogen (secondary N) is 1. The van der Waals surface area contributed by atoms with Gasteiger partial charge in [0.25, 0.3) is 5.91 Å². The zero-order valence-corrected chi connectivity index (χ0v) is 15.7. The average Bonchev–Trinajstić information content (AvgIpc) is 2.70. The van der Waals surface area contributed by atoms with Crippen LogP contribution in [0, 0.1) is 18.3 Å². The first-order chi connectivity index (χ1) is 13.4. The Bertz CT molecular complexity index is 931. The summed E-state index contributed by atoms with van der Waals surface area (Å²) in [6.07, 6.45) is -0.197. The number of hydrogen-bond acceptors (Lipinski definition) is 6. The number of rotatable bonds is 8. The minimum Gasteiger partial charge on any atom is -0.496 e. The van der Waals surface area contributed by atoms with E-state index in [1.165, 1.54) is 13.2 Å². The Hall–Kier alpha value is -3.66. The molecule has 28 heavy (non-hydrogen) atoms. The minimum absolute atomic E-state index is 0.0511. The summed E-state index contributed by atoms with van der Waals surface area (Å²) in [6, 6.07) is 13.6. The Kier molecular flexibility index (Phi) is 7.28. The molecule has 2 rings (SSSR count). The Labute approximate surface area is 162 Å². The topological polar surface area (TPSA) is 105 Å². The lowest BCUT2D eigenvalue weighted by Crippen LogP contribution is -2.21. The summed E-state index contributed by atoms with van der Waals surface area (Å²) < 4.78 is 10.1. The lowest BCUT2D eigenvalue weighted by molar-refractivity contribution is -0.147. The van der Waals surface area contributed by atoms with Crippen molar-refractivity contribution in [2.45, 2.75) is 19.8 Å². The third kappa shape index (κ3) is 5.95. The highest BCUT2D eigenvalue weighted by Gasteiger charge is 2.15. The van der Waals surface area contributed by atoms with Crippen LogP contribution in [-0.2, 0) is 14.3 Å². The van der Waals surface area contributed by atoms with E-state index in [2.05, 4.69) is 5.32 Å². The number of carbonyl (C=O) groups is 3. The fourth-order valence-electron chi connectivity index (χ4n) is 2.47. The summed E-state index contributed by atoms with van der Waals surface area (Å²) >= 11 is 0. The Morgan fingerprint density at radius 3 is 2.61 bits per heavy atom. The SMILES string of the molecule is COc1ccc(C)cc1C(=O)CCC(=O)OCC(=O)Nc1cccc(C#N)c1. The first-order valence-corrected chi connectivity index (χ1v) is 8.56. The molecule has 0 aromatic heterocycles. The highest BCUT2D eigenvalue weighted by molar-refractivity contribution is 6.00. The molecule has 144 valence electrons. The van der Waals surface area contributed by atoms with Crippen LogP contribution in [0.25, 0.3) is 0 Å². The summed E-state index contributed by atoms with van der Waals surface area (Å²) in [5.41, 5.74) is 2.15. The van der Waals surface area contributed by atoms with Crippen LogP contribution < -0.4 is 10.1 Å². The maximum Gasteiger partial charge on any atom is 0.306 e. The van der Waals surface area contributed by atoms with E-state index in [0.717, 1.165) is 5.56 Å². The van der Waals surface area contributed by atoms with Crippen LogP contribution in [0.2, 0.25) is 0 Å². The van der Waals surface area contributed by atoms with Gasteiger partial charge < -0.3 is 14.8 Å². The second kappa shape index (κ2) is 9.88. The van der Waals surface area contributed by atoms with Gasteiger partial charge in [-0.1, -0.05) is 17.7 Å². The number of aryl methyl sites for hydroxylation is 1. The third-order valence-corrected chi connectivity index (χ3v) is 3.85. The molecule has 0 aliphatic heterocycles. The first-order valence-electron chi connectivity index (χ1n) is 8.56. The molecule has 0 bridgehead atoms. The normalized spacial score (nSPS) is 9.89. The molecule has 2 aromatic carbocycles. The van der Waals surface area contributed by atoms with Crippen molar-refractivity contribution in [2.75, 3.05) is 19.0 Å². The Balaban J connectivity index is 1.81. The maximum absolute atomic E-state index is 12.3. The van der Waals surface area contributed by atoms with E-state index in [1.807, 2.05) is 19.1 Å². The van der Waals surface area contributed by atoms with Crippen molar-refractivity contribution in [3.63, 3.8) is 0 Å². The van der Waals surface area contributed by atoms with Crippen molar-refractivity contribution in [1.29, 1.82) is 5.26 Å². The van der Waals surface area contributed by atoms with Crippen LogP contribution in [0.5, 0.6) is 5.75 Å². The van der Waals surface area contributed by atoms with Gasteiger partial charge in [0, 0.05) is 12.1 Å². The number of hydrogen-bond donors (Lipinski definition) is 1. The molecule has 0 aliphatic carbocycles. The van der Waals surface area contributed by atoms with E-state index >= 15 is 0 Å². The molecule has 0 saturated carbocycles. The highest BCUT2D eigenvalue weighted by atomic mass is 16.5. The maximum atomic E-state index is 12.3. The van der Waals surface area contributed by atoms with Gasteiger partial charge in [-0.15, -0.1) is 0 Å². The predicted molar refractivity (Wildman–Crippen MR) is 102 cm³/mol. The van der Waals surface area contributed by atoms with E-state index in [1.54, 1.807) is 30.3 Å². The van der Waals surface area contributed by atoms with Gasteiger partial charge in [0.1, 0.15) is 5.75 Å². The van der Waals surface area contributed by atoms with Gasteiger partial charge in [-0.25, -0.2) is 0 Å². The molecule has 0 atom stereocenters. The summed E-state index contributed by atoms with van der Waals surface area (Å²) in [5, 5.41) is 11.4. The monoisotopic (exact) mass is 380 g/mol. The fraction of sp³-hybridized carbons (Fsp3) is 0.238. The second-order valence-electron chi connectivity index (χ2n) is 6.03. The van der Waals surface area contributed by atoms with E-state index < -0.39 is 18.5 Å². The summed E-state index contributed by atoms with van der Waals surface area (Å²) in [5.74, 6) is -0.978. The molecule has 0 spiro atoms. The standard InChI is InChI=1S/C21H20N2O5/c1-14-6-8-19(27-2)17(10-14)18(24)7-9-21(26)28-13-20(25)23-16-5-3-4-15(11-16)12-22/h3-6,8,10-11H,7,9,13H2,1-2H3,(H,23,25). The van der Waals surface area contributed by atoms with Gasteiger partial charge in [0.05, 0.1) is 30.7 Å². The van der Waals surface area contributed by atoms with Crippen LogP contribution in [0.3, 0.4) is 0 Å². The third-order valence-electron chi connectivity index (χ3n) is 3.85. The van der Waals surface area contributed by atoms with E-state index in [4.69, 9.17) is 14.7 Å². The number of esters is 1. The number of nitrogens with zero attached hydrogens (tertiary/aromatic N) is 1. The van der Waals surface area contributed by atoms with Crippen molar-refractivity contribution in [3.05, 3.63) is 59.2 Å². The van der Waals surface area contributed by atoms with Gasteiger partial charge >= 0.3 is 5.97 Å². The van der Waals surface area contributed by atoms with E-state index in [-0.39, 0.29) is 18.6 Å². The molecule has 1 N–H and O–H groups in total. The summed E-state index contributed by atoms with van der Waals surface area (Å²) in [4.78, 5) is 36.0. The molecule has 7 heteroatoms. The molecule has 0 radical (unpaired) electrons. The molecule has 7 nitrogen and oxygen atoms in total. The Morgan fingerprint density at radius 1 is 1.11 bits per heavy atom. The average molecular weight is 380 g/mol. The zero-order valence-electron chi connectivity index (χ0n) is 15.7. The lowest BCUT2D eigenvalue weighted by atomic mass is 10.0. The number of ether oxygens (including phenoxy) is 2. The lowest BCUT2D eigenvalue weighted by Gasteiger charge is -2.09. The van der Waals surface area contributed by atoms with Crippen molar-refractivity contribution < 1.29 is 23.9 Å². The van der Waals surface area contributed by atoms with Crippen molar-refractivity contribution in [2.24, 2.45) is 0 Å². The molecule has 0 fully saturated rings. The summed E-state index contributed by atoms with van der Waals surface area (Å²) in [7, 11) is 1.47. The first kappa shape index (κ1) is 20.6. The van der Waals surface area contributed by atoms with Crippen LogP contribution in [0.4, 0.5) is 5.69 Å². The van der Waals surface area contributed by atoms with Crippen LogP contribution in [0.15, 0.2) is 42.5 Å². The summed E-state index contributed by atoms with van der Waals surface area (Å²) in [6.45, 7) is 1.38. The van der Waals surface area contributed by atoms with Gasteiger partial charge in [-0.2, -0.15) is 5.26 Å². The van der Waals surface area contributed by atoms with E-state index in [9.17, 15) is 14.4 Å². The fourth-order valence-corrected chi connectivity index (χ4v) is 2.47. The molecule has 2 aromatic rings. The number of methoxy groups -OCH3 is 1. The number of benzene rings is 2. The van der Waals surface area contributed by atoms with Crippen molar-refractivity contribution >= 4 is 23.3 Å². The van der Waals surface area contributed by atoms with Crippen LogP contribution in [0.1, 0.15) is 34.3 Å². The number of amides is 1. The quantitative estimate of drug-likeness (QED) is 0.557. The van der Waals surface area contributed by atoms with Crippen LogP contribution in [-0.4, -0.2) is 31.4 Å². The number of carbonyl (C=O) groups excluding carboxylic acids is 3. The molecule has 0 heterocycles. The second-order valence-corrected chi connectivity index (χ2v) is 6.03. The van der Waals surface area contributed by atoms with Gasteiger partial charge in [0.15, 0.2) is 12.4 Å². The van der Waals surface area contributed by atoms with Gasteiger partial charge in [-0.3, -0.25) is 14.4 Å². The molecular formula is C21H20N2O5. The molecular weight excluding hydrogens is 360 g/mol. The largest absolute Gasteiger partial charge is 0.496 e. The van der Waals surface area contributed by atoms with Gasteiger partial charge in [-0.05, 0) is 37.3 Å². The predicted octanol–water partition coefficient (Wildman–Crippen LogP) is 3.02. The van der Waals surface area contributed by atoms with Crippen molar-refractivity contribution in [3.8, 4) is 11.8 Å².